The van der Waals surface area contributed by atoms with E-state index in [2.05, 4.69) is 39.5 Å². The van der Waals surface area contributed by atoms with Crippen molar-refractivity contribution in [1.29, 1.82) is 0 Å². The van der Waals surface area contributed by atoms with Crippen molar-refractivity contribution in [3.05, 3.63) is 0 Å². The summed E-state index contributed by atoms with van der Waals surface area (Å²) < 4.78 is 0. The zero-order valence-electron chi connectivity index (χ0n) is 9.93. The van der Waals surface area contributed by atoms with Crippen molar-refractivity contribution in [1.82, 2.24) is 4.90 Å². The molecule has 1 heteroatoms. The van der Waals surface area contributed by atoms with Gasteiger partial charge < -0.3 is 0 Å². The van der Waals surface area contributed by atoms with Gasteiger partial charge in [-0.15, -0.1) is 0 Å². The Bertz CT molecular complexity index is 157. The van der Waals surface area contributed by atoms with Crippen molar-refractivity contribution in [3.63, 3.8) is 0 Å². The highest BCUT2D eigenvalue weighted by Gasteiger charge is 2.31. The zero-order valence-corrected chi connectivity index (χ0v) is 9.93. The van der Waals surface area contributed by atoms with Crippen LogP contribution in [0, 0.1) is 5.92 Å². The third-order valence-electron chi connectivity index (χ3n) is 3.42. The van der Waals surface area contributed by atoms with Crippen LogP contribution in [0.4, 0.5) is 0 Å². The van der Waals surface area contributed by atoms with Crippen molar-refractivity contribution in [3.8, 4) is 0 Å². The first-order valence-corrected chi connectivity index (χ1v) is 5.72. The van der Waals surface area contributed by atoms with Gasteiger partial charge in [-0.25, -0.2) is 0 Å². The average Bonchev–Trinajstić information content (AvgIpc) is 2.01. The molecule has 2 unspecified atom stereocenters. The summed E-state index contributed by atoms with van der Waals surface area (Å²) in [6, 6.07) is 0.777. The molecule has 78 valence electrons. The molecular formula is C12H25N. The first-order chi connectivity index (χ1) is 5.95. The lowest BCUT2D eigenvalue weighted by atomic mass is 9.87. The largest absolute Gasteiger partial charge is 0.296 e. The fourth-order valence-corrected chi connectivity index (χ4v) is 2.64. The summed E-state index contributed by atoms with van der Waals surface area (Å²) in [7, 11) is 0. The van der Waals surface area contributed by atoms with Crippen LogP contribution in [0.25, 0.3) is 0 Å². The lowest BCUT2D eigenvalue weighted by Gasteiger charge is -2.45. The number of rotatable bonds is 1. The van der Waals surface area contributed by atoms with Crippen LogP contribution in [0.5, 0.6) is 0 Å². The predicted octanol–water partition coefficient (Wildman–Crippen LogP) is 3.30. The Balaban J connectivity index is 2.53. The maximum absolute atomic E-state index is 2.65. The molecule has 1 aliphatic rings. The van der Waals surface area contributed by atoms with E-state index in [9.17, 15) is 0 Å². The molecule has 13 heavy (non-hydrogen) atoms. The van der Waals surface area contributed by atoms with Crippen molar-refractivity contribution < 1.29 is 0 Å². The summed E-state index contributed by atoms with van der Waals surface area (Å²) in [5, 5.41) is 0. The van der Waals surface area contributed by atoms with Gasteiger partial charge in [0.05, 0.1) is 0 Å². The summed E-state index contributed by atoms with van der Waals surface area (Å²) in [5.74, 6) is 0.980. The van der Waals surface area contributed by atoms with Crippen LogP contribution in [-0.4, -0.2) is 23.0 Å². The molecule has 0 bridgehead atoms. The topological polar surface area (TPSA) is 3.24 Å². The number of piperidine rings is 1. The highest BCUT2D eigenvalue weighted by molar-refractivity contribution is 4.86. The van der Waals surface area contributed by atoms with Crippen molar-refractivity contribution in [2.45, 2.75) is 65.5 Å². The molecule has 0 amide bonds. The molecule has 1 heterocycles. The smallest absolute Gasteiger partial charge is 0.0127 e. The highest BCUT2D eigenvalue weighted by Crippen LogP contribution is 2.29. The molecule has 0 aliphatic carbocycles. The first kappa shape index (κ1) is 11.0. The maximum Gasteiger partial charge on any atom is 0.0127 e. The first-order valence-electron chi connectivity index (χ1n) is 5.72. The van der Waals surface area contributed by atoms with Crippen LogP contribution in [0.3, 0.4) is 0 Å². The van der Waals surface area contributed by atoms with Crippen LogP contribution >= 0.6 is 0 Å². The second kappa shape index (κ2) is 4.00. The van der Waals surface area contributed by atoms with E-state index in [0.717, 1.165) is 12.0 Å². The third kappa shape index (κ3) is 2.70. The van der Waals surface area contributed by atoms with Gasteiger partial charge in [0.1, 0.15) is 0 Å². The number of hydrogen-bond donors (Lipinski definition) is 0. The molecular weight excluding hydrogens is 158 g/mol. The van der Waals surface area contributed by atoms with Gasteiger partial charge in [0, 0.05) is 11.6 Å². The van der Waals surface area contributed by atoms with E-state index in [0.29, 0.717) is 5.54 Å². The fraction of sp³-hybridized carbons (Fsp3) is 1.00. The molecule has 0 aromatic rings. The molecule has 2 atom stereocenters. The minimum absolute atomic E-state index is 0.359. The molecule has 0 spiro atoms. The van der Waals surface area contributed by atoms with E-state index in [-0.39, 0.29) is 0 Å². The number of hydrogen-bond acceptors (Lipinski definition) is 1. The summed E-state index contributed by atoms with van der Waals surface area (Å²) in [6.45, 7) is 13.0. The molecule has 0 aromatic heterocycles. The van der Waals surface area contributed by atoms with Gasteiger partial charge in [-0.05, 0) is 53.0 Å². The Morgan fingerprint density at radius 3 is 2.31 bits per heavy atom. The zero-order chi connectivity index (χ0) is 10.1. The second-order valence-electron chi connectivity index (χ2n) is 5.51. The Kier molecular flexibility index (Phi) is 3.39. The maximum atomic E-state index is 2.65. The number of likely N-dealkylation sites (tertiary alicyclic amines) is 1. The van der Waals surface area contributed by atoms with Gasteiger partial charge in [-0.2, -0.15) is 0 Å². The number of nitrogens with zero attached hydrogens (tertiary/aromatic N) is 1. The van der Waals surface area contributed by atoms with E-state index in [4.69, 9.17) is 0 Å². The van der Waals surface area contributed by atoms with Gasteiger partial charge in [0.15, 0.2) is 0 Å². The van der Waals surface area contributed by atoms with E-state index in [1.165, 1.54) is 25.8 Å². The monoisotopic (exact) mass is 183 g/mol. The lowest BCUT2D eigenvalue weighted by molar-refractivity contribution is 0.0382. The molecule has 0 N–H and O–H groups in total. The second-order valence-corrected chi connectivity index (χ2v) is 5.51. The molecule has 0 radical (unpaired) electrons. The SMILES string of the molecule is CCC1CCN(C(C)(C)C)C(C)C1. The summed E-state index contributed by atoms with van der Waals surface area (Å²) in [4.78, 5) is 2.65. The quantitative estimate of drug-likeness (QED) is 0.603. The molecule has 1 aliphatic heterocycles. The van der Waals surface area contributed by atoms with Gasteiger partial charge in [0.25, 0.3) is 0 Å². The van der Waals surface area contributed by atoms with Gasteiger partial charge in [-0.3, -0.25) is 4.90 Å². The highest BCUT2D eigenvalue weighted by atomic mass is 15.2. The van der Waals surface area contributed by atoms with Crippen LogP contribution in [0.2, 0.25) is 0 Å². The van der Waals surface area contributed by atoms with Gasteiger partial charge >= 0.3 is 0 Å². The molecule has 1 rings (SSSR count). The van der Waals surface area contributed by atoms with Crippen LogP contribution < -0.4 is 0 Å². The lowest BCUT2D eigenvalue weighted by Crippen LogP contribution is -2.51. The Labute approximate surface area is 83.5 Å². The summed E-state index contributed by atoms with van der Waals surface area (Å²) in [6.07, 6.45) is 4.16. The minimum atomic E-state index is 0.359. The Morgan fingerprint density at radius 2 is 1.92 bits per heavy atom. The standard InChI is InChI=1S/C12H25N/c1-6-11-7-8-13(10(2)9-11)12(3,4)5/h10-11H,6-9H2,1-5H3. The fourth-order valence-electron chi connectivity index (χ4n) is 2.64. The van der Waals surface area contributed by atoms with Crippen LogP contribution in [-0.2, 0) is 0 Å². The van der Waals surface area contributed by atoms with Crippen molar-refractivity contribution >= 4 is 0 Å². The van der Waals surface area contributed by atoms with Crippen LogP contribution in [0.15, 0.2) is 0 Å². The molecule has 1 nitrogen and oxygen atoms in total. The van der Waals surface area contributed by atoms with E-state index in [1.54, 1.807) is 0 Å². The predicted molar refractivity (Wildman–Crippen MR) is 58.9 cm³/mol. The van der Waals surface area contributed by atoms with Crippen LogP contribution in [0.1, 0.15) is 53.9 Å². The van der Waals surface area contributed by atoms with Crippen molar-refractivity contribution in [2.24, 2.45) is 5.92 Å². The van der Waals surface area contributed by atoms with Gasteiger partial charge in [0.2, 0.25) is 0 Å². The van der Waals surface area contributed by atoms with E-state index in [1.807, 2.05) is 0 Å². The van der Waals surface area contributed by atoms with E-state index < -0.39 is 0 Å². The molecule has 0 saturated carbocycles. The van der Waals surface area contributed by atoms with E-state index >= 15 is 0 Å². The Hall–Kier alpha value is -0.0400. The summed E-state index contributed by atoms with van der Waals surface area (Å²) >= 11 is 0. The Morgan fingerprint density at radius 1 is 1.31 bits per heavy atom. The molecule has 1 fully saturated rings. The average molecular weight is 183 g/mol. The minimum Gasteiger partial charge on any atom is -0.296 e. The van der Waals surface area contributed by atoms with Gasteiger partial charge in [-0.1, -0.05) is 13.3 Å². The summed E-state index contributed by atoms with van der Waals surface area (Å²) in [5.41, 5.74) is 0.359. The third-order valence-corrected chi connectivity index (χ3v) is 3.42. The molecule has 0 aromatic carbocycles. The normalized spacial score (nSPS) is 32.1. The van der Waals surface area contributed by atoms with Crippen molar-refractivity contribution in [2.75, 3.05) is 6.54 Å². The molecule has 1 saturated heterocycles.